The van der Waals surface area contributed by atoms with E-state index in [1.807, 2.05) is 0 Å². The van der Waals surface area contributed by atoms with E-state index in [4.69, 9.17) is 0 Å². The third-order valence-electron chi connectivity index (χ3n) is 5.58. The molecule has 2 heterocycles. The lowest BCUT2D eigenvalue weighted by Gasteiger charge is -2.35. The molecule has 0 unspecified atom stereocenters. The molecule has 0 bridgehead atoms. The number of fused-ring (bicyclic) bond motifs is 1. The third-order valence-corrected chi connectivity index (χ3v) is 5.58. The maximum absolute atomic E-state index is 13.5. The standard InChI is InChI=1S/C22H18F6N4O2/c23-21(24,25)15-6-2-1-5-14(15)19(34)31-11-9-30(10-12-31)18(33)13-32-17-8-4-3-7-16(17)29-20(32)22(26,27)28/h1-8H,9-13H2. The minimum atomic E-state index is -4.77. The van der Waals surface area contributed by atoms with Gasteiger partial charge in [-0.3, -0.25) is 9.59 Å². The summed E-state index contributed by atoms with van der Waals surface area (Å²) in [4.78, 5) is 31.5. The first-order chi connectivity index (χ1) is 16.0. The van der Waals surface area contributed by atoms with Crippen LogP contribution >= 0.6 is 0 Å². The molecule has 0 saturated carbocycles. The Balaban J connectivity index is 1.47. The highest BCUT2D eigenvalue weighted by Gasteiger charge is 2.39. The van der Waals surface area contributed by atoms with Crippen molar-refractivity contribution in [3.05, 3.63) is 65.5 Å². The first-order valence-corrected chi connectivity index (χ1v) is 10.2. The van der Waals surface area contributed by atoms with E-state index in [0.29, 0.717) is 0 Å². The Morgan fingerprint density at radius 3 is 2.03 bits per heavy atom. The number of aromatic nitrogens is 2. The van der Waals surface area contributed by atoms with Gasteiger partial charge in [0.15, 0.2) is 0 Å². The van der Waals surface area contributed by atoms with Crippen LogP contribution in [0.15, 0.2) is 48.5 Å². The number of halogens is 6. The molecule has 1 aliphatic rings. The molecular formula is C22H18F6N4O2. The molecule has 0 aliphatic carbocycles. The van der Waals surface area contributed by atoms with Crippen LogP contribution in [-0.4, -0.2) is 57.3 Å². The van der Waals surface area contributed by atoms with Gasteiger partial charge < -0.3 is 14.4 Å². The molecule has 1 aliphatic heterocycles. The molecule has 4 rings (SSSR count). The number of alkyl halides is 6. The summed E-state index contributed by atoms with van der Waals surface area (Å²) in [6.07, 6.45) is -9.47. The Hall–Kier alpha value is -3.57. The lowest BCUT2D eigenvalue weighted by atomic mass is 10.1. The van der Waals surface area contributed by atoms with Gasteiger partial charge in [0, 0.05) is 26.2 Å². The average Bonchev–Trinajstić information content (AvgIpc) is 3.17. The maximum atomic E-state index is 13.5. The summed E-state index contributed by atoms with van der Waals surface area (Å²) in [5.41, 5.74) is -1.29. The zero-order valence-corrected chi connectivity index (χ0v) is 17.5. The van der Waals surface area contributed by atoms with Crippen molar-refractivity contribution in [2.24, 2.45) is 0 Å². The van der Waals surface area contributed by atoms with Crippen LogP contribution < -0.4 is 0 Å². The fourth-order valence-corrected chi connectivity index (χ4v) is 3.93. The van der Waals surface area contributed by atoms with Gasteiger partial charge in [-0.05, 0) is 24.3 Å². The number of carbonyl (C=O) groups excluding carboxylic acids is 2. The van der Waals surface area contributed by atoms with Crippen molar-refractivity contribution in [2.75, 3.05) is 26.2 Å². The molecule has 1 fully saturated rings. The molecular weight excluding hydrogens is 466 g/mol. The van der Waals surface area contributed by atoms with Crippen LogP contribution in [0.2, 0.25) is 0 Å². The number of rotatable bonds is 3. The summed E-state index contributed by atoms with van der Waals surface area (Å²) in [7, 11) is 0. The minimum Gasteiger partial charge on any atom is -0.338 e. The summed E-state index contributed by atoms with van der Waals surface area (Å²) in [6, 6.07) is 10.3. The van der Waals surface area contributed by atoms with Crippen LogP contribution in [0.4, 0.5) is 26.3 Å². The minimum absolute atomic E-state index is 0.0211. The van der Waals surface area contributed by atoms with E-state index < -0.39 is 47.7 Å². The van der Waals surface area contributed by atoms with Crippen molar-refractivity contribution >= 4 is 22.8 Å². The predicted octanol–water partition coefficient (Wildman–Crippen LogP) is 4.06. The number of hydrogen-bond acceptors (Lipinski definition) is 3. The molecule has 34 heavy (non-hydrogen) atoms. The van der Waals surface area contributed by atoms with E-state index in [2.05, 4.69) is 4.98 Å². The molecule has 1 saturated heterocycles. The van der Waals surface area contributed by atoms with Gasteiger partial charge in [-0.2, -0.15) is 26.3 Å². The van der Waals surface area contributed by atoms with Crippen molar-refractivity contribution < 1.29 is 35.9 Å². The molecule has 0 radical (unpaired) electrons. The quantitative estimate of drug-likeness (QED) is 0.527. The molecule has 1 aromatic heterocycles. The summed E-state index contributed by atoms with van der Waals surface area (Å²) < 4.78 is 80.9. The fourth-order valence-electron chi connectivity index (χ4n) is 3.93. The average molecular weight is 484 g/mol. The Kier molecular flexibility index (Phi) is 6.00. The SMILES string of the molecule is O=C(Cn1c(C(F)(F)F)nc2ccccc21)N1CCN(C(=O)c2ccccc2C(F)(F)F)CC1. The van der Waals surface area contributed by atoms with Crippen LogP contribution in [0.25, 0.3) is 11.0 Å². The van der Waals surface area contributed by atoms with Crippen molar-refractivity contribution in [1.29, 1.82) is 0 Å². The topological polar surface area (TPSA) is 58.4 Å². The lowest BCUT2D eigenvalue weighted by Crippen LogP contribution is -2.51. The number of amides is 2. The van der Waals surface area contributed by atoms with Gasteiger partial charge in [0.2, 0.25) is 11.7 Å². The van der Waals surface area contributed by atoms with E-state index in [9.17, 15) is 35.9 Å². The number of carbonyl (C=O) groups is 2. The maximum Gasteiger partial charge on any atom is 0.449 e. The Morgan fingerprint density at radius 2 is 1.38 bits per heavy atom. The molecule has 12 heteroatoms. The second-order valence-corrected chi connectivity index (χ2v) is 7.72. The van der Waals surface area contributed by atoms with Gasteiger partial charge >= 0.3 is 12.4 Å². The van der Waals surface area contributed by atoms with Gasteiger partial charge in [0.25, 0.3) is 5.91 Å². The highest BCUT2D eigenvalue weighted by Crippen LogP contribution is 2.33. The molecule has 2 amide bonds. The third kappa shape index (κ3) is 4.57. The Morgan fingerprint density at radius 1 is 0.794 bits per heavy atom. The summed E-state index contributed by atoms with van der Waals surface area (Å²) >= 11 is 0. The van der Waals surface area contributed by atoms with E-state index in [1.54, 1.807) is 0 Å². The van der Waals surface area contributed by atoms with E-state index in [-0.39, 0.29) is 37.2 Å². The molecule has 3 aromatic rings. The number of hydrogen-bond donors (Lipinski definition) is 0. The van der Waals surface area contributed by atoms with Crippen molar-refractivity contribution in [3.63, 3.8) is 0 Å². The zero-order valence-electron chi connectivity index (χ0n) is 17.5. The second-order valence-electron chi connectivity index (χ2n) is 7.72. The summed E-state index contributed by atoms with van der Waals surface area (Å²) in [6.45, 7) is -0.749. The first kappa shape index (κ1) is 23.6. The molecule has 0 spiro atoms. The molecule has 6 nitrogen and oxygen atoms in total. The molecule has 2 aromatic carbocycles. The van der Waals surface area contributed by atoms with E-state index in [0.717, 1.165) is 16.7 Å². The van der Waals surface area contributed by atoms with Gasteiger partial charge in [-0.25, -0.2) is 4.98 Å². The van der Waals surface area contributed by atoms with Gasteiger partial charge in [-0.15, -0.1) is 0 Å². The fraction of sp³-hybridized carbons (Fsp3) is 0.318. The van der Waals surface area contributed by atoms with Crippen LogP contribution in [0.1, 0.15) is 21.7 Å². The number of benzene rings is 2. The van der Waals surface area contributed by atoms with Crippen LogP contribution in [0, 0.1) is 0 Å². The van der Waals surface area contributed by atoms with Crippen LogP contribution in [-0.2, 0) is 23.7 Å². The van der Waals surface area contributed by atoms with Crippen LogP contribution in [0.5, 0.6) is 0 Å². The van der Waals surface area contributed by atoms with Crippen LogP contribution in [0.3, 0.4) is 0 Å². The van der Waals surface area contributed by atoms with E-state index >= 15 is 0 Å². The van der Waals surface area contributed by atoms with Gasteiger partial charge in [0.05, 0.1) is 22.2 Å². The zero-order chi connectivity index (χ0) is 24.7. The van der Waals surface area contributed by atoms with Crippen molar-refractivity contribution in [1.82, 2.24) is 19.4 Å². The molecule has 180 valence electrons. The normalized spacial score (nSPS) is 15.1. The monoisotopic (exact) mass is 484 g/mol. The number of imidazole rings is 1. The Labute approximate surface area is 189 Å². The number of piperazine rings is 1. The highest BCUT2D eigenvalue weighted by atomic mass is 19.4. The smallest absolute Gasteiger partial charge is 0.338 e. The molecule has 0 atom stereocenters. The van der Waals surface area contributed by atoms with Crippen molar-refractivity contribution in [3.8, 4) is 0 Å². The number of nitrogens with zero attached hydrogens (tertiary/aromatic N) is 4. The largest absolute Gasteiger partial charge is 0.449 e. The summed E-state index contributed by atoms with van der Waals surface area (Å²) in [5.74, 6) is -2.63. The van der Waals surface area contributed by atoms with Crippen molar-refractivity contribution in [2.45, 2.75) is 18.9 Å². The van der Waals surface area contributed by atoms with Gasteiger partial charge in [0.1, 0.15) is 6.54 Å². The highest BCUT2D eigenvalue weighted by molar-refractivity contribution is 5.96. The van der Waals surface area contributed by atoms with Gasteiger partial charge in [-0.1, -0.05) is 24.3 Å². The van der Waals surface area contributed by atoms with E-state index in [1.165, 1.54) is 46.2 Å². The summed E-state index contributed by atoms with van der Waals surface area (Å²) in [5, 5.41) is 0. The lowest BCUT2D eigenvalue weighted by molar-refractivity contribution is -0.148. The second kappa shape index (κ2) is 8.65. The number of para-hydroxylation sites is 2. The predicted molar refractivity (Wildman–Crippen MR) is 109 cm³/mol. The molecule has 0 N–H and O–H groups in total. The Bertz CT molecular complexity index is 1230. The first-order valence-electron chi connectivity index (χ1n) is 10.2.